The molecule has 1 aliphatic rings. The second-order valence-corrected chi connectivity index (χ2v) is 5.39. The Morgan fingerprint density at radius 1 is 1.14 bits per heavy atom. The first kappa shape index (κ1) is 16.3. The van der Waals surface area contributed by atoms with Crippen LogP contribution in [0.5, 0.6) is 0 Å². The van der Waals surface area contributed by atoms with Gasteiger partial charge in [0.05, 0.1) is 6.54 Å². The molecule has 5 nitrogen and oxygen atoms in total. The fourth-order valence-corrected chi connectivity index (χ4v) is 2.54. The van der Waals surface area contributed by atoms with E-state index in [0.717, 1.165) is 49.7 Å². The SMILES string of the molecule is CCNC(=NCc1ccc(N2CCCCC2=O)cc1)NCC. The maximum atomic E-state index is 11.9. The van der Waals surface area contributed by atoms with Crippen LogP contribution in [-0.4, -0.2) is 31.5 Å². The molecule has 0 saturated carbocycles. The number of nitrogens with zero attached hydrogens (tertiary/aromatic N) is 2. The Balaban J connectivity index is 1.99. The summed E-state index contributed by atoms with van der Waals surface area (Å²) in [5.74, 6) is 1.07. The lowest BCUT2D eigenvalue weighted by Gasteiger charge is -2.26. The van der Waals surface area contributed by atoms with Gasteiger partial charge >= 0.3 is 0 Å². The number of nitrogens with one attached hydrogen (secondary N) is 2. The van der Waals surface area contributed by atoms with Crippen molar-refractivity contribution in [3.8, 4) is 0 Å². The van der Waals surface area contributed by atoms with Crippen LogP contribution in [0.3, 0.4) is 0 Å². The average Bonchev–Trinajstić information content (AvgIpc) is 2.54. The van der Waals surface area contributed by atoms with Gasteiger partial charge in [-0.3, -0.25) is 4.79 Å². The lowest BCUT2D eigenvalue weighted by atomic mass is 10.1. The number of anilines is 1. The average molecular weight is 302 g/mol. The summed E-state index contributed by atoms with van der Waals surface area (Å²) in [6, 6.07) is 8.15. The Kier molecular flexibility index (Phi) is 6.25. The van der Waals surface area contributed by atoms with Crippen molar-refractivity contribution >= 4 is 17.6 Å². The number of amides is 1. The van der Waals surface area contributed by atoms with Crippen LogP contribution < -0.4 is 15.5 Å². The summed E-state index contributed by atoms with van der Waals surface area (Å²) in [4.78, 5) is 18.4. The Bertz CT molecular complexity index is 502. The van der Waals surface area contributed by atoms with E-state index in [4.69, 9.17) is 0 Å². The fraction of sp³-hybridized carbons (Fsp3) is 0.529. The van der Waals surface area contributed by atoms with Crippen molar-refractivity contribution in [2.24, 2.45) is 4.99 Å². The maximum Gasteiger partial charge on any atom is 0.226 e. The van der Waals surface area contributed by atoms with E-state index in [1.54, 1.807) is 0 Å². The first-order chi connectivity index (χ1) is 10.7. The summed E-state index contributed by atoms with van der Waals surface area (Å²) in [6.07, 6.45) is 2.77. The first-order valence-electron chi connectivity index (χ1n) is 8.16. The van der Waals surface area contributed by atoms with Crippen molar-refractivity contribution in [1.82, 2.24) is 10.6 Å². The largest absolute Gasteiger partial charge is 0.357 e. The number of carbonyl (C=O) groups excluding carboxylic acids is 1. The molecule has 0 atom stereocenters. The van der Waals surface area contributed by atoms with Gasteiger partial charge in [0.25, 0.3) is 0 Å². The standard InChI is InChI=1S/C17H26N4O/c1-3-18-17(19-4-2)20-13-14-8-10-15(11-9-14)21-12-6-5-7-16(21)22/h8-11H,3-7,12-13H2,1-2H3,(H2,18,19,20). The number of guanidine groups is 1. The molecule has 1 heterocycles. The highest BCUT2D eigenvalue weighted by Gasteiger charge is 2.19. The molecule has 0 unspecified atom stereocenters. The number of carbonyl (C=O) groups is 1. The number of benzene rings is 1. The van der Waals surface area contributed by atoms with Crippen LogP contribution >= 0.6 is 0 Å². The number of hydrogen-bond donors (Lipinski definition) is 2. The second kappa shape index (κ2) is 8.41. The lowest BCUT2D eigenvalue weighted by Crippen LogP contribution is -2.37. The van der Waals surface area contributed by atoms with E-state index >= 15 is 0 Å². The third kappa shape index (κ3) is 4.48. The molecule has 1 aliphatic heterocycles. The van der Waals surface area contributed by atoms with Gasteiger partial charge in [-0.05, 0) is 44.4 Å². The number of piperidine rings is 1. The van der Waals surface area contributed by atoms with Crippen LogP contribution in [0.2, 0.25) is 0 Å². The quantitative estimate of drug-likeness (QED) is 0.648. The molecule has 1 saturated heterocycles. The number of aliphatic imine (C=N–C) groups is 1. The predicted octanol–water partition coefficient (Wildman–Crippen LogP) is 2.28. The molecule has 1 aromatic carbocycles. The fourth-order valence-electron chi connectivity index (χ4n) is 2.54. The van der Waals surface area contributed by atoms with E-state index in [9.17, 15) is 4.79 Å². The highest BCUT2D eigenvalue weighted by molar-refractivity contribution is 5.93. The Morgan fingerprint density at radius 2 is 1.82 bits per heavy atom. The molecule has 0 spiro atoms. The number of hydrogen-bond acceptors (Lipinski definition) is 2. The van der Waals surface area contributed by atoms with Gasteiger partial charge in [-0.2, -0.15) is 0 Å². The normalized spacial score (nSPS) is 14.6. The van der Waals surface area contributed by atoms with Gasteiger partial charge in [-0.25, -0.2) is 4.99 Å². The van der Waals surface area contributed by atoms with Crippen LogP contribution in [0.4, 0.5) is 5.69 Å². The summed E-state index contributed by atoms with van der Waals surface area (Å²) in [6.45, 7) is 7.27. The van der Waals surface area contributed by atoms with Crippen molar-refractivity contribution in [2.75, 3.05) is 24.5 Å². The van der Waals surface area contributed by atoms with Crippen molar-refractivity contribution in [1.29, 1.82) is 0 Å². The molecule has 5 heteroatoms. The summed E-state index contributed by atoms with van der Waals surface area (Å²) >= 11 is 0. The van der Waals surface area contributed by atoms with E-state index < -0.39 is 0 Å². The van der Waals surface area contributed by atoms with Gasteiger partial charge in [-0.1, -0.05) is 12.1 Å². The zero-order valence-electron chi connectivity index (χ0n) is 13.6. The smallest absolute Gasteiger partial charge is 0.226 e. The van der Waals surface area contributed by atoms with Gasteiger partial charge in [0.15, 0.2) is 5.96 Å². The second-order valence-electron chi connectivity index (χ2n) is 5.39. The Hall–Kier alpha value is -2.04. The number of rotatable bonds is 5. The minimum absolute atomic E-state index is 0.235. The van der Waals surface area contributed by atoms with Crippen LogP contribution in [0, 0.1) is 0 Å². The third-order valence-corrected chi connectivity index (χ3v) is 3.68. The molecule has 1 aromatic rings. The van der Waals surface area contributed by atoms with Crippen LogP contribution in [0.1, 0.15) is 38.7 Å². The topological polar surface area (TPSA) is 56.7 Å². The van der Waals surface area contributed by atoms with Crippen LogP contribution in [0.25, 0.3) is 0 Å². The van der Waals surface area contributed by atoms with Crippen molar-refractivity contribution in [3.05, 3.63) is 29.8 Å². The lowest BCUT2D eigenvalue weighted by molar-refractivity contribution is -0.119. The summed E-state index contributed by atoms with van der Waals surface area (Å²) in [5.41, 5.74) is 2.14. The third-order valence-electron chi connectivity index (χ3n) is 3.68. The van der Waals surface area contributed by atoms with E-state index in [1.807, 2.05) is 17.0 Å². The monoisotopic (exact) mass is 302 g/mol. The molecule has 120 valence electrons. The zero-order valence-corrected chi connectivity index (χ0v) is 13.6. The molecular weight excluding hydrogens is 276 g/mol. The van der Waals surface area contributed by atoms with E-state index in [-0.39, 0.29) is 5.91 Å². The zero-order chi connectivity index (χ0) is 15.8. The van der Waals surface area contributed by atoms with E-state index in [2.05, 4.69) is 41.6 Å². The Morgan fingerprint density at radius 3 is 2.41 bits per heavy atom. The van der Waals surface area contributed by atoms with Gasteiger partial charge in [0.1, 0.15) is 0 Å². The summed E-state index contributed by atoms with van der Waals surface area (Å²) < 4.78 is 0. The minimum atomic E-state index is 0.235. The molecule has 22 heavy (non-hydrogen) atoms. The van der Waals surface area contributed by atoms with Gasteiger partial charge in [0.2, 0.25) is 5.91 Å². The van der Waals surface area contributed by atoms with Crippen molar-refractivity contribution in [3.63, 3.8) is 0 Å². The molecule has 1 amide bonds. The molecule has 0 aromatic heterocycles. The van der Waals surface area contributed by atoms with E-state index in [0.29, 0.717) is 13.0 Å². The van der Waals surface area contributed by atoms with E-state index in [1.165, 1.54) is 0 Å². The highest BCUT2D eigenvalue weighted by Crippen LogP contribution is 2.21. The highest BCUT2D eigenvalue weighted by atomic mass is 16.2. The van der Waals surface area contributed by atoms with Gasteiger partial charge in [0, 0.05) is 31.7 Å². The molecule has 2 rings (SSSR count). The van der Waals surface area contributed by atoms with Crippen LogP contribution in [-0.2, 0) is 11.3 Å². The van der Waals surface area contributed by atoms with Crippen molar-refractivity contribution in [2.45, 2.75) is 39.7 Å². The molecule has 0 radical (unpaired) electrons. The minimum Gasteiger partial charge on any atom is -0.357 e. The molecular formula is C17H26N4O. The van der Waals surface area contributed by atoms with Crippen molar-refractivity contribution < 1.29 is 4.79 Å². The maximum absolute atomic E-state index is 11.9. The molecule has 0 aliphatic carbocycles. The first-order valence-corrected chi connectivity index (χ1v) is 8.16. The van der Waals surface area contributed by atoms with Gasteiger partial charge < -0.3 is 15.5 Å². The van der Waals surface area contributed by atoms with Crippen LogP contribution in [0.15, 0.2) is 29.3 Å². The molecule has 2 N–H and O–H groups in total. The summed E-state index contributed by atoms with van der Waals surface area (Å²) in [5, 5.41) is 6.42. The molecule has 1 fully saturated rings. The summed E-state index contributed by atoms with van der Waals surface area (Å²) in [7, 11) is 0. The Labute approximate surface area is 132 Å². The predicted molar refractivity (Wildman–Crippen MR) is 91.1 cm³/mol. The molecule has 0 bridgehead atoms. The van der Waals surface area contributed by atoms with Gasteiger partial charge in [-0.15, -0.1) is 0 Å².